The third kappa shape index (κ3) is 4.07. The molecule has 1 amide bonds. The molecule has 1 N–H and O–H groups in total. The first-order chi connectivity index (χ1) is 14.6. The number of nitrogens with one attached hydrogen (secondary N) is 1. The highest BCUT2D eigenvalue weighted by atomic mass is 32.2. The van der Waals surface area contributed by atoms with Gasteiger partial charge in [-0.1, -0.05) is 23.9 Å². The van der Waals surface area contributed by atoms with Crippen LogP contribution in [0, 0.1) is 0 Å². The third-order valence-corrected chi connectivity index (χ3v) is 7.71. The van der Waals surface area contributed by atoms with Crippen molar-refractivity contribution in [2.24, 2.45) is 0 Å². The second-order valence-electron chi connectivity index (χ2n) is 6.57. The molecule has 0 saturated carbocycles. The van der Waals surface area contributed by atoms with E-state index in [1.165, 1.54) is 30.2 Å². The molecule has 10 heteroatoms. The van der Waals surface area contributed by atoms with Gasteiger partial charge in [-0.05, 0) is 36.3 Å². The average Bonchev–Trinajstić information content (AvgIpc) is 3.50. The Labute approximate surface area is 186 Å². The molecular formula is C20H20N4O3S3. The van der Waals surface area contributed by atoms with Crippen molar-refractivity contribution < 1.29 is 14.3 Å². The Morgan fingerprint density at radius 2 is 2.27 bits per heavy atom. The van der Waals surface area contributed by atoms with Crippen LogP contribution in [0.2, 0.25) is 0 Å². The smallest absolute Gasteiger partial charge is 0.341 e. The summed E-state index contributed by atoms with van der Waals surface area (Å²) in [5.41, 5.74) is 1.52. The highest BCUT2D eigenvalue weighted by Gasteiger charge is 2.28. The lowest BCUT2D eigenvalue weighted by Crippen LogP contribution is -2.16. The summed E-state index contributed by atoms with van der Waals surface area (Å²) in [6.07, 6.45) is 4.59. The van der Waals surface area contributed by atoms with Crippen LogP contribution in [0.15, 0.2) is 35.3 Å². The van der Waals surface area contributed by atoms with Crippen LogP contribution in [0.5, 0.6) is 0 Å². The number of aryl methyl sites for hydroxylation is 1. The van der Waals surface area contributed by atoms with Crippen molar-refractivity contribution >= 4 is 51.3 Å². The van der Waals surface area contributed by atoms with Gasteiger partial charge in [-0.25, -0.2) is 4.79 Å². The van der Waals surface area contributed by atoms with Crippen LogP contribution in [0.3, 0.4) is 0 Å². The van der Waals surface area contributed by atoms with Crippen molar-refractivity contribution in [1.29, 1.82) is 0 Å². The van der Waals surface area contributed by atoms with E-state index in [1.54, 1.807) is 17.4 Å². The lowest BCUT2D eigenvalue weighted by molar-refractivity contribution is -0.113. The lowest BCUT2D eigenvalue weighted by Gasteiger charge is -2.08. The molecule has 0 spiro atoms. The lowest BCUT2D eigenvalue weighted by atomic mass is 10.1. The SMILES string of the molecule is C=CCn1c(SCC(=O)Nc2sc3c(c2C(=O)OC)CCC3)nnc1-c1cccs1. The maximum Gasteiger partial charge on any atom is 0.341 e. The number of nitrogens with zero attached hydrogens (tertiary/aromatic N) is 3. The van der Waals surface area contributed by atoms with E-state index >= 15 is 0 Å². The van der Waals surface area contributed by atoms with Crippen LogP contribution < -0.4 is 5.32 Å². The van der Waals surface area contributed by atoms with Crippen molar-refractivity contribution in [3.8, 4) is 10.7 Å². The Kier molecular flexibility index (Phi) is 6.35. The van der Waals surface area contributed by atoms with Gasteiger partial charge in [0, 0.05) is 11.4 Å². The standard InChI is InChI=1S/C20H20N4O3S3/c1-3-9-24-17(14-8-5-10-28-14)22-23-20(24)29-11-15(25)21-18-16(19(26)27-2)12-6-4-7-13(12)30-18/h3,5,8,10H,1,4,6-7,9,11H2,2H3,(H,21,25). The topological polar surface area (TPSA) is 86.1 Å². The highest BCUT2D eigenvalue weighted by molar-refractivity contribution is 7.99. The van der Waals surface area contributed by atoms with Gasteiger partial charge in [-0.2, -0.15) is 0 Å². The number of aromatic nitrogens is 3. The Bertz CT molecular complexity index is 1090. The van der Waals surface area contributed by atoms with E-state index in [0.717, 1.165) is 40.4 Å². The summed E-state index contributed by atoms with van der Waals surface area (Å²) in [6, 6.07) is 3.95. The number of amides is 1. The predicted molar refractivity (Wildman–Crippen MR) is 121 cm³/mol. The molecule has 0 atom stereocenters. The number of hydrogen-bond donors (Lipinski definition) is 1. The zero-order valence-corrected chi connectivity index (χ0v) is 18.8. The molecule has 0 saturated heterocycles. The summed E-state index contributed by atoms with van der Waals surface area (Å²) in [5, 5.41) is 14.6. The summed E-state index contributed by atoms with van der Waals surface area (Å²) in [6.45, 7) is 4.35. The molecule has 1 aliphatic rings. The minimum absolute atomic E-state index is 0.156. The van der Waals surface area contributed by atoms with E-state index < -0.39 is 5.97 Å². The van der Waals surface area contributed by atoms with Gasteiger partial charge in [0.15, 0.2) is 11.0 Å². The van der Waals surface area contributed by atoms with Gasteiger partial charge in [0.2, 0.25) is 5.91 Å². The average molecular weight is 461 g/mol. The quantitative estimate of drug-likeness (QED) is 0.307. The molecule has 0 radical (unpaired) electrons. The number of allylic oxidation sites excluding steroid dienone is 1. The van der Waals surface area contributed by atoms with Gasteiger partial charge < -0.3 is 10.1 Å². The molecular weight excluding hydrogens is 440 g/mol. The number of carbonyl (C=O) groups excluding carboxylic acids is 2. The Morgan fingerprint density at radius 3 is 3.00 bits per heavy atom. The molecule has 7 nitrogen and oxygen atoms in total. The summed E-state index contributed by atoms with van der Waals surface area (Å²) in [7, 11) is 1.36. The van der Waals surface area contributed by atoms with Gasteiger partial charge >= 0.3 is 5.97 Å². The van der Waals surface area contributed by atoms with Crippen LogP contribution in [0.4, 0.5) is 5.00 Å². The summed E-state index contributed by atoms with van der Waals surface area (Å²) < 4.78 is 6.87. The number of ether oxygens (including phenoxy) is 1. The number of methoxy groups -OCH3 is 1. The highest BCUT2D eigenvalue weighted by Crippen LogP contribution is 2.39. The maximum atomic E-state index is 12.6. The molecule has 0 bridgehead atoms. The van der Waals surface area contributed by atoms with Crippen molar-refractivity contribution in [1.82, 2.24) is 14.8 Å². The first-order valence-corrected chi connectivity index (χ1v) is 12.0. The van der Waals surface area contributed by atoms with Gasteiger partial charge in [-0.15, -0.1) is 39.4 Å². The number of fused-ring (bicyclic) bond motifs is 1. The van der Waals surface area contributed by atoms with E-state index in [-0.39, 0.29) is 11.7 Å². The monoisotopic (exact) mass is 460 g/mol. The van der Waals surface area contributed by atoms with Crippen LogP contribution >= 0.6 is 34.4 Å². The van der Waals surface area contributed by atoms with Crippen molar-refractivity contribution in [2.45, 2.75) is 31.0 Å². The molecule has 30 heavy (non-hydrogen) atoms. The Hall–Kier alpha value is -2.43. The molecule has 3 heterocycles. The van der Waals surface area contributed by atoms with Crippen LogP contribution in [-0.4, -0.2) is 39.5 Å². The van der Waals surface area contributed by atoms with E-state index in [4.69, 9.17) is 4.74 Å². The largest absolute Gasteiger partial charge is 0.465 e. The van der Waals surface area contributed by atoms with Crippen LogP contribution in [0.1, 0.15) is 27.2 Å². The Morgan fingerprint density at radius 1 is 1.40 bits per heavy atom. The summed E-state index contributed by atoms with van der Waals surface area (Å²) >= 11 is 4.36. The number of thioether (sulfide) groups is 1. The number of thiophene rings is 2. The van der Waals surface area contributed by atoms with E-state index in [0.29, 0.717) is 22.3 Å². The molecule has 156 valence electrons. The van der Waals surface area contributed by atoms with E-state index in [2.05, 4.69) is 22.1 Å². The van der Waals surface area contributed by atoms with Crippen molar-refractivity contribution in [2.75, 3.05) is 18.2 Å². The predicted octanol–water partition coefficient (Wildman–Crippen LogP) is 4.26. The normalized spacial score (nSPS) is 12.6. The number of carbonyl (C=O) groups is 2. The maximum absolute atomic E-state index is 12.6. The second-order valence-corrected chi connectivity index (χ2v) is 9.57. The molecule has 1 aliphatic carbocycles. The second kappa shape index (κ2) is 9.15. The van der Waals surface area contributed by atoms with Crippen LogP contribution in [-0.2, 0) is 28.9 Å². The molecule has 3 aromatic heterocycles. The molecule has 0 fully saturated rings. The summed E-state index contributed by atoms with van der Waals surface area (Å²) in [5.74, 6) is 0.318. The van der Waals surface area contributed by atoms with Gasteiger partial charge in [0.25, 0.3) is 0 Å². The minimum Gasteiger partial charge on any atom is -0.465 e. The van der Waals surface area contributed by atoms with Gasteiger partial charge in [-0.3, -0.25) is 9.36 Å². The number of esters is 1. The van der Waals surface area contributed by atoms with Crippen molar-refractivity contribution in [3.05, 3.63) is 46.2 Å². The first-order valence-electron chi connectivity index (χ1n) is 9.35. The number of hydrogen-bond acceptors (Lipinski definition) is 8. The third-order valence-electron chi connectivity index (χ3n) is 4.67. The zero-order chi connectivity index (χ0) is 21.1. The van der Waals surface area contributed by atoms with Gasteiger partial charge in [0.05, 0.1) is 23.3 Å². The zero-order valence-electron chi connectivity index (χ0n) is 16.3. The Balaban J connectivity index is 1.48. The van der Waals surface area contributed by atoms with Crippen LogP contribution in [0.25, 0.3) is 10.7 Å². The minimum atomic E-state index is -0.399. The van der Waals surface area contributed by atoms with E-state index in [1.807, 2.05) is 22.1 Å². The number of rotatable bonds is 8. The molecule has 4 rings (SSSR count). The first kappa shape index (κ1) is 20.8. The fourth-order valence-corrected chi connectivity index (χ4v) is 6.14. The molecule has 0 aromatic carbocycles. The fourth-order valence-electron chi connectivity index (χ4n) is 3.38. The van der Waals surface area contributed by atoms with E-state index in [9.17, 15) is 9.59 Å². The number of anilines is 1. The van der Waals surface area contributed by atoms with Crippen molar-refractivity contribution in [3.63, 3.8) is 0 Å². The fraction of sp³-hybridized carbons (Fsp3) is 0.300. The van der Waals surface area contributed by atoms with Gasteiger partial charge in [0.1, 0.15) is 5.00 Å². The summed E-state index contributed by atoms with van der Waals surface area (Å²) in [4.78, 5) is 27.0. The molecule has 0 aliphatic heterocycles. The molecule has 3 aromatic rings. The molecule has 0 unspecified atom stereocenters.